The van der Waals surface area contributed by atoms with Crippen molar-refractivity contribution in [1.29, 1.82) is 0 Å². The molecule has 0 unspecified atom stereocenters. The van der Waals surface area contributed by atoms with Crippen LogP contribution in [-0.4, -0.2) is 29.7 Å². The predicted molar refractivity (Wildman–Crippen MR) is 121 cm³/mol. The van der Waals surface area contributed by atoms with Gasteiger partial charge in [0, 0.05) is 29.4 Å². The Kier molecular flexibility index (Phi) is 8.67. The lowest BCUT2D eigenvalue weighted by atomic mass is 9.84. The van der Waals surface area contributed by atoms with Gasteiger partial charge in [0.2, 0.25) is 5.89 Å². The molecule has 2 aromatic rings. The average molecular weight is 524 g/mol. The first kappa shape index (κ1) is 24.6. The number of nitrogens with one attached hydrogen (secondary N) is 2. The zero-order valence-corrected chi connectivity index (χ0v) is 20.1. The van der Waals surface area contributed by atoms with Crippen LogP contribution in [0.25, 0.3) is 0 Å². The highest BCUT2D eigenvalue weighted by Gasteiger charge is 2.24. The lowest BCUT2D eigenvalue weighted by Gasteiger charge is -2.27. The highest BCUT2D eigenvalue weighted by Crippen LogP contribution is 2.29. The van der Waals surface area contributed by atoms with Gasteiger partial charge in [-0.25, -0.2) is 4.39 Å². The molecule has 0 aliphatic rings. The number of benzene rings is 1. The summed E-state index contributed by atoms with van der Waals surface area (Å²) in [5.41, 5.74) is 0.346. The van der Waals surface area contributed by atoms with Crippen LogP contribution in [0.3, 0.4) is 0 Å². The Morgan fingerprint density at radius 2 is 1.89 bits per heavy atom. The van der Waals surface area contributed by atoms with Crippen molar-refractivity contribution >= 4 is 41.5 Å². The molecule has 0 spiro atoms. The van der Waals surface area contributed by atoms with E-state index in [0.29, 0.717) is 35.8 Å². The SMILES string of the molecule is CN=C(NCc1noc(C(C)(C)C)n1)NCC(C)(C)c1ccc(F)cc1Cl.I. The number of guanidine groups is 1. The number of hydrogen-bond donors (Lipinski definition) is 2. The van der Waals surface area contributed by atoms with Crippen molar-refractivity contribution in [3.05, 3.63) is 46.3 Å². The Bertz CT molecular complexity index is 817. The Morgan fingerprint density at radius 3 is 2.43 bits per heavy atom. The largest absolute Gasteiger partial charge is 0.356 e. The number of aliphatic imine (C=N–C) groups is 1. The van der Waals surface area contributed by atoms with E-state index in [1.807, 2.05) is 34.6 Å². The van der Waals surface area contributed by atoms with Gasteiger partial charge in [-0.2, -0.15) is 4.98 Å². The van der Waals surface area contributed by atoms with Gasteiger partial charge in [0.05, 0.1) is 6.54 Å². The lowest BCUT2D eigenvalue weighted by Crippen LogP contribution is -2.43. The minimum Gasteiger partial charge on any atom is -0.356 e. The topological polar surface area (TPSA) is 75.3 Å². The molecule has 1 heterocycles. The molecular formula is C19H28ClFIN5O. The van der Waals surface area contributed by atoms with E-state index in [9.17, 15) is 4.39 Å². The van der Waals surface area contributed by atoms with Crippen LogP contribution in [0.2, 0.25) is 5.02 Å². The first-order chi connectivity index (χ1) is 12.5. The second-order valence-corrected chi connectivity index (χ2v) is 8.46. The maximum absolute atomic E-state index is 13.3. The maximum atomic E-state index is 13.3. The second-order valence-electron chi connectivity index (χ2n) is 8.05. The quantitative estimate of drug-likeness (QED) is 0.345. The summed E-state index contributed by atoms with van der Waals surface area (Å²) < 4.78 is 18.6. The zero-order chi connectivity index (χ0) is 20.2. The number of halogens is 3. The summed E-state index contributed by atoms with van der Waals surface area (Å²) >= 11 is 6.20. The predicted octanol–water partition coefficient (Wildman–Crippen LogP) is 4.42. The highest BCUT2D eigenvalue weighted by atomic mass is 127. The van der Waals surface area contributed by atoms with Crippen LogP contribution in [-0.2, 0) is 17.4 Å². The molecule has 0 aliphatic heterocycles. The van der Waals surface area contributed by atoms with Gasteiger partial charge < -0.3 is 15.2 Å². The van der Waals surface area contributed by atoms with E-state index in [1.54, 1.807) is 13.1 Å². The molecule has 0 amide bonds. The van der Waals surface area contributed by atoms with Gasteiger partial charge in [-0.15, -0.1) is 24.0 Å². The van der Waals surface area contributed by atoms with Crippen molar-refractivity contribution in [2.24, 2.45) is 4.99 Å². The Labute approximate surface area is 187 Å². The molecule has 0 atom stereocenters. The zero-order valence-electron chi connectivity index (χ0n) is 17.1. The average Bonchev–Trinajstić information content (AvgIpc) is 3.04. The molecule has 0 saturated carbocycles. The third kappa shape index (κ3) is 6.58. The molecule has 0 bridgehead atoms. The van der Waals surface area contributed by atoms with Gasteiger partial charge in [0.1, 0.15) is 5.82 Å². The number of aromatic nitrogens is 2. The minimum atomic E-state index is -0.347. The fraction of sp³-hybridized carbons (Fsp3) is 0.526. The standard InChI is InChI=1S/C19H27ClFN5O.HI/c1-18(2,3)16-25-15(26-27-16)10-23-17(22-6)24-11-19(4,5)13-8-7-12(21)9-14(13)20;/h7-9H,10-11H2,1-6H3,(H2,22,23,24);1H. The Morgan fingerprint density at radius 1 is 1.21 bits per heavy atom. The van der Waals surface area contributed by atoms with Gasteiger partial charge in [-0.05, 0) is 17.7 Å². The molecule has 6 nitrogen and oxygen atoms in total. The van der Waals surface area contributed by atoms with Gasteiger partial charge in [-0.3, -0.25) is 4.99 Å². The Balaban J connectivity index is 0.00000392. The van der Waals surface area contributed by atoms with Crippen LogP contribution in [0.15, 0.2) is 27.7 Å². The van der Waals surface area contributed by atoms with E-state index in [4.69, 9.17) is 16.1 Å². The molecule has 0 radical (unpaired) electrons. The first-order valence-corrected chi connectivity index (χ1v) is 9.14. The fourth-order valence-corrected chi connectivity index (χ4v) is 2.88. The van der Waals surface area contributed by atoms with E-state index in [2.05, 4.69) is 25.8 Å². The summed E-state index contributed by atoms with van der Waals surface area (Å²) in [7, 11) is 1.68. The van der Waals surface area contributed by atoms with E-state index >= 15 is 0 Å². The molecule has 28 heavy (non-hydrogen) atoms. The molecule has 0 fully saturated rings. The fourth-order valence-electron chi connectivity index (χ4n) is 2.45. The van der Waals surface area contributed by atoms with Crippen LogP contribution in [0.5, 0.6) is 0 Å². The van der Waals surface area contributed by atoms with Crippen LogP contribution >= 0.6 is 35.6 Å². The smallest absolute Gasteiger partial charge is 0.232 e. The van der Waals surface area contributed by atoms with Crippen molar-refractivity contribution in [2.75, 3.05) is 13.6 Å². The molecule has 0 saturated heterocycles. The van der Waals surface area contributed by atoms with Crippen LogP contribution in [0.1, 0.15) is 51.9 Å². The van der Waals surface area contributed by atoms with Gasteiger partial charge >= 0.3 is 0 Å². The van der Waals surface area contributed by atoms with Crippen molar-refractivity contribution in [3.63, 3.8) is 0 Å². The molecular weight excluding hydrogens is 496 g/mol. The van der Waals surface area contributed by atoms with Crippen molar-refractivity contribution in [3.8, 4) is 0 Å². The Hall–Kier alpha value is -1.42. The molecule has 0 aliphatic carbocycles. The third-order valence-corrected chi connectivity index (χ3v) is 4.42. The summed E-state index contributed by atoms with van der Waals surface area (Å²) in [6.07, 6.45) is 0. The highest BCUT2D eigenvalue weighted by molar-refractivity contribution is 14.0. The molecule has 9 heteroatoms. The van der Waals surface area contributed by atoms with Crippen LogP contribution < -0.4 is 10.6 Å². The summed E-state index contributed by atoms with van der Waals surface area (Å²) in [5, 5.41) is 10.8. The van der Waals surface area contributed by atoms with E-state index < -0.39 is 0 Å². The van der Waals surface area contributed by atoms with Crippen LogP contribution in [0, 0.1) is 5.82 Å². The van der Waals surface area contributed by atoms with Gasteiger partial charge in [0.25, 0.3) is 0 Å². The monoisotopic (exact) mass is 523 g/mol. The summed E-state index contributed by atoms with van der Waals surface area (Å²) in [6, 6.07) is 4.46. The third-order valence-electron chi connectivity index (χ3n) is 4.11. The molecule has 1 aromatic carbocycles. The van der Waals surface area contributed by atoms with Gasteiger partial charge in [-0.1, -0.05) is 57.4 Å². The normalized spacial score (nSPS) is 12.5. The lowest BCUT2D eigenvalue weighted by molar-refractivity contribution is 0.318. The summed E-state index contributed by atoms with van der Waals surface area (Å²) in [5.74, 6) is 1.40. The molecule has 2 rings (SSSR count). The minimum absolute atomic E-state index is 0. The van der Waals surface area contributed by atoms with Crippen LogP contribution in [0.4, 0.5) is 4.39 Å². The maximum Gasteiger partial charge on any atom is 0.232 e. The molecule has 1 aromatic heterocycles. The molecule has 156 valence electrons. The van der Waals surface area contributed by atoms with E-state index in [1.165, 1.54) is 12.1 Å². The van der Waals surface area contributed by atoms with Crippen molar-refractivity contribution in [1.82, 2.24) is 20.8 Å². The van der Waals surface area contributed by atoms with E-state index in [-0.39, 0.29) is 40.6 Å². The van der Waals surface area contributed by atoms with E-state index in [0.717, 1.165) is 5.56 Å². The molecule has 2 N–H and O–H groups in total. The summed E-state index contributed by atoms with van der Waals surface area (Å²) in [4.78, 5) is 8.60. The second kappa shape index (κ2) is 9.87. The van der Waals surface area contributed by atoms with Crippen molar-refractivity contribution < 1.29 is 8.91 Å². The van der Waals surface area contributed by atoms with Crippen molar-refractivity contribution in [2.45, 2.75) is 52.0 Å². The number of nitrogens with zero attached hydrogens (tertiary/aromatic N) is 3. The van der Waals surface area contributed by atoms with Gasteiger partial charge in [0.15, 0.2) is 11.8 Å². The summed E-state index contributed by atoms with van der Waals surface area (Å²) in [6.45, 7) is 11.0. The number of rotatable bonds is 5. The number of hydrogen-bond acceptors (Lipinski definition) is 4. The first-order valence-electron chi connectivity index (χ1n) is 8.76.